The Labute approximate surface area is 110 Å². The van der Waals surface area contributed by atoms with Crippen LogP contribution in [-0.2, 0) is 4.79 Å². The van der Waals surface area contributed by atoms with Crippen LogP contribution in [0.3, 0.4) is 0 Å². The molecule has 2 fully saturated rings. The van der Waals surface area contributed by atoms with Gasteiger partial charge in [0.05, 0.1) is 0 Å². The van der Waals surface area contributed by atoms with E-state index in [9.17, 15) is 4.79 Å². The summed E-state index contributed by atoms with van der Waals surface area (Å²) in [5.74, 6) is 0.497. The van der Waals surface area contributed by atoms with Gasteiger partial charge in [-0.1, -0.05) is 38.5 Å². The van der Waals surface area contributed by atoms with E-state index in [1.165, 1.54) is 51.4 Å². The fourth-order valence-corrected chi connectivity index (χ4v) is 4.71. The average Bonchev–Trinajstić information content (AvgIpc) is 2.46. The van der Waals surface area contributed by atoms with Crippen molar-refractivity contribution in [3.8, 4) is 0 Å². The van der Waals surface area contributed by atoms with Crippen LogP contribution in [0.1, 0.15) is 77.0 Å². The molecular weight excluding hydrogens is 228 g/mol. The van der Waals surface area contributed by atoms with Gasteiger partial charge in [0.25, 0.3) is 0 Å². The summed E-state index contributed by atoms with van der Waals surface area (Å²) in [7, 11) is 0. The second kappa shape index (κ2) is 7.45. The van der Waals surface area contributed by atoms with Crippen molar-refractivity contribution in [2.45, 2.75) is 87.5 Å². The Morgan fingerprint density at radius 2 is 1.18 bits per heavy atom. The number of thioether (sulfide) groups is 1. The highest BCUT2D eigenvalue weighted by atomic mass is 32.2. The van der Waals surface area contributed by atoms with Gasteiger partial charge in [0.1, 0.15) is 5.78 Å². The van der Waals surface area contributed by atoms with E-state index in [0.717, 1.165) is 36.2 Å². The Kier molecular flexibility index (Phi) is 5.90. The molecule has 98 valence electrons. The molecule has 1 nitrogen and oxygen atoms in total. The zero-order valence-corrected chi connectivity index (χ0v) is 11.8. The van der Waals surface area contributed by atoms with Crippen LogP contribution < -0.4 is 0 Å². The van der Waals surface area contributed by atoms with Crippen LogP contribution in [0, 0.1) is 0 Å². The first-order chi connectivity index (χ1) is 8.34. The lowest BCUT2D eigenvalue weighted by atomic mass is 9.99. The fourth-order valence-electron chi connectivity index (χ4n) is 3.05. The van der Waals surface area contributed by atoms with Crippen LogP contribution in [0.4, 0.5) is 0 Å². The predicted molar refractivity (Wildman–Crippen MR) is 75.6 cm³/mol. The lowest BCUT2D eigenvalue weighted by Crippen LogP contribution is -2.19. The van der Waals surface area contributed by atoms with Crippen molar-refractivity contribution in [1.82, 2.24) is 0 Å². The van der Waals surface area contributed by atoms with E-state index < -0.39 is 0 Å². The normalized spacial score (nSPS) is 26.2. The molecular formula is C15H26OS. The van der Waals surface area contributed by atoms with Gasteiger partial charge >= 0.3 is 0 Å². The Bertz CT molecular complexity index is 219. The Morgan fingerprint density at radius 3 is 1.76 bits per heavy atom. The molecule has 17 heavy (non-hydrogen) atoms. The lowest BCUT2D eigenvalue weighted by Gasteiger charge is -2.25. The molecule has 2 saturated carbocycles. The molecule has 0 spiro atoms. The van der Waals surface area contributed by atoms with Crippen molar-refractivity contribution < 1.29 is 4.79 Å². The highest BCUT2D eigenvalue weighted by molar-refractivity contribution is 8.00. The average molecular weight is 254 g/mol. The topological polar surface area (TPSA) is 17.1 Å². The van der Waals surface area contributed by atoms with Crippen LogP contribution in [0.15, 0.2) is 0 Å². The molecule has 0 bridgehead atoms. The molecule has 0 unspecified atom stereocenters. The summed E-state index contributed by atoms with van der Waals surface area (Å²) in [4.78, 5) is 11.2. The molecule has 2 rings (SSSR count). The number of hydrogen-bond acceptors (Lipinski definition) is 2. The van der Waals surface area contributed by atoms with E-state index in [1.807, 2.05) is 0 Å². The van der Waals surface area contributed by atoms with E-state index in [0.29, 0.717) is 5.78 Å². The van der Waals surface area contributed by atoms with Gasteiger partial charge in [-0.3, -0.25) is 4.79 Å². The van der Waals surface area contributed by atoms with Crippen LogP contribution in [-0.4, -0.2) is 16.3 Å². The van der Waals surface area contributed by atoms with E-state index in [1.54, 1.807) is 0 Å². The molecule has 0 N–H and O–H groups in total. The largest absolute Gasteiger partial charge is 0.300 e. The first-order valence-corrected chi connectivity index (χ1v) is 8.46. The molecule has 0 amide bonds. The molecule has 2 heteroatoms. The fraction of sp³-hybridized carbons (Fsp3) is 0.933. The molecule has 0 aromatic carbocycles. The van der Waals surface area contributed by atoms with Gasteiger partial charge in [0.15, 0.2) is 0 Å². The first kappa shape index (κ1) is 13.5. The van der Waals surface area contributed by atoms with Crippen molar-refractivity contribution in [2.24, 2.45) is 0 Å². The molecule has 0 atom stereocenters. The maximum absolute atomic E-state index is 11.2. The maximum Gasteiger partial charge on any atom is 0.132 e. The van der Waals surface area contributed by atoms with E-state index >= 15 is 0 Å². The number of ketones is 1. The lowest BCUT2D eigenvalue weighted by molar-refractivity contribution is -0.120. The minimum Gasteiger partial charge on any atom is -0.300 e. The molecule has 0 heterocycles. The summed E-state index contributed by atoms with van der Waals surface area (Å²) in [6.07, 6.45) is 15.5. The SMILES string of the molecule is O=C1CCC(SC2CCCCCCCC2)CC1. The van der Waals surface area contributed by atoms with E-state index in [-0.39, 0.29) is 0 Å². The first-order valence-electron chi connectivity index (χ1n) is 7.52. The monoisotopic (exact) mass is 254 g/mol. The van der Waals surface area contributed by atoms with Crippen LogP contribution in [0.2, 0.25) is 0 Å². The standard InChI is InChI=1S/C15H26OS/c16-13-9-11-15(12-10-13)17-14-7-5-3-1-2-4-6-8-14/h14-15H,1-12H2. The quantitative estimate of drug-likeness (QED) is 0.708. The van der Waals surface area contributed by atoms with Crippen molar-refractivity contribution in [2.75, 3.05) is 0 Å². The van der Waals surface area contributed by atoms with E-state index in [2.05, 4.69) is 11.8 Å². The van der Waals surface area contributed by atoms with Gasteiger partial charge in [-0.15, -0.1) is 0 Å². The summed E-state index contributed by atoms with van der Waals surface area (Å²) in [6, 6.07) is 0. The summed E-state index contributed by atoms with van der Waals surface area (Å²) in [5.41, 5.74) is 0. The summed E-state index contributed by atoms with van der Waals surface area (Å²) < 4.78 is 0. The van der Waals surface area contributed by atoms with Crippen molar-refractivity contribution in [1.29, 1.82) is 0 Å². The highest BCUT2D eigenvalue weighted by Crippen LogP contribution is 2.35. The minimum absolute atomic E-state index is 0.497. The smallest absolute Gasteiger partial charge is 0.132 e. The van der Waals surface area contributed by atoms with Crippen LogP contribution >= 0.6 is 11.8 Å². The van der Waals surface area contributed by atoms with Gasteiger partial charge in [-0.25, -0.2) is 0 Å². The van der Waals surface area contributed by atoms with Gasteiger partial charge in [-0.2, -0.15) is 11.8 Å². The molecule has 0 saturated heterocycles. The third kappa shape index (κ3) is 5.03. The number of hydrogen-bond donors (Lipinski definition) is 0. The van der Waals surface area contributed by atoms with Crippen molar-refractivity contribution in [3.05, 3.63) is 0 Å². The van der Waals surface area contributed by atoms with Gasteiger partial charge < -0.3 is 0 Å². The molecule has 2 aliphatic rings. The number of rotatable bonds is 2. The second-order valence-electron chi connectivity index (χ2n) is 5.69. The summed E-state index contributed by atoms with van der Waals surface area (Å²) >= 11 is 2.22. The van der Waals surface area contributed by atoms with Gasteiger partial charge in [0, 0.05) is 23.3 Å². The van der Waals surface area contributed by atoms with Gasteiger partial charge in [0.2, 0.25) is 0 Å². The molecule has 0 aromatic rings. The second-order valence-corrected chi connectivity index (χ2v) is 7.30. The van der Waals surface area contributed by atoms with Crippen molar-refractivity contribution in [3.63, 3.8) is 0 Å². The summed E-state index contributed by atoms with van der Waals surface area (Å²) in [6.45, 7) is 0. The Hall–Kier alpha value is 0.0200. The maximum atomic E-state index is 11.2. The molecule has 0 radical (unpaired) electrons. The number of carbonyl (C=O) groups excluding carboxylic acids is 1. The summed E-state index contributed by atoms with van der Waals surface area (Å²) in [5, 5.41) is 1.68. The minimum atomic E-state index is 0.497. The zero-order valence-electron chi connectivity index (χ0n) is 11.0. The zero-order chi connectivity index (χ0) is 11.9. The molecule has 0 aliphatic heterocycles. The van der Waals surface area contributed by atoms with Gasteiger partial charge in [-0.05, 0) is 25.7 Å². The van der Waals surface area contributed by atoms with E-state index in [4.69, 9.17) is 0 Å². The Morgan fingerprint density at radius 1 is 0.706 bits per heavy atom. The molecule has 0 aromatic heterocycles. The number of Topliss-reactive ketones (excluding diaryl/α,β-unsaturated/α-hetero) is 1. The van der Waals surface area contributed by atoms with Crippen LogP contribution in [0.25, 0.3) is 0 Å². The predicted octanol–water partition coefficient (Wildman–Crippen LogP) is 4.73. The van der Waals surface area contributed by atoms with Crippen molar-refractivity contribution >= 4 is 17.5 Å². The third-order valence-corrected chi connectivity index (χ3v) is 5.89. The Balaban J connectivity index is 1.73. The van der Waals surface area contributed by atoms with Crippen LogP contribution in [0.5, 0.6) is 0 Å². The third-order valence-electron chi connectivity index (χ3n) is 4.18. The number of carbonyl (C=O) groups is 1. The molecule has 2 aliphatic carbocycles. The highest BCUT2D eigenvalue weighted by Gasteiger charge is 2.22.